The molecule has 0 aliphatic heterocycles. The number of nitrogens with zero attached hydrogens (tertiary/aromatic N) is 1. The molecule has 0 radical (unpaired) electrons. The van der Waals surface area contributed by atoms with Crippen molar-refractivity contribution in [2.75, 3.05) is 7.11 Å². The van der Waals surface area contributed by atoms with Gasteiger partial charge in [-0.05, 0) is 23.8 Å². The summed E-state index contributed by atoms with van der Waals surface area (Å²) in [6, 6.07) is 17.5. The average Bonchev–Trinajstić information content (AvgIpc) is 2.53. The van der Waals surface area contributed by atoms with Crippen molar-refractivity contribution < 1.29 is 13.2 Å². The van der Waals surface area contributed by atoms with Crippen molar-refractivity contribution in [2.24, 2.45) is 4.40 Å². The minimum Gasteiger partial charge on any atom is -0.480 e. The van der Waals surface area contributed by atoms with E-state index in [0.717, 1.165) is 5.56 Å². The van der Waals surface area contributed by atoms with Gasteiger partial charge in [0.05, 0.1) is 12.0 Å². The van der Waals surface area contributed by atoms with Gasteiger partial charge >= 0.3 is 0 Å². The molecule has 0 atom stereocenters. The van der Waals surface area contributed by atoms with Crippen LogP contribution in [0.4, 0.5) is 0 Å². The smallest absolute Gasteiger partial charge is 0.285 e. The lowest BCUT2D eigenvalue weighted by Gasteiger charge is -2.01. The Morgan fingerprint density at radius 1 is 1.00 bits per heavy atom. The Bertz CT molecular complexity index is 736. The van der Waals surface area contributed by atoms with E-state index >= 15 is 0 Å². The van der Waals surface area contributed by atoms with Crippen LogP contribution in [0.5, 0.6) is 0 Å². The number of sulfonamides is 1. The van der Waals surface area contributed by atoms with E-state index in [1.54, 1.807) is 24.3 Å². The van der Waals surface area contributed by atoms with E-state index in [2.05, 4.69) is 4.40 Å². The van der Waals surface area contributed by atoms with Gasteiger partial charge in [0.25, 0.3) is 10.0 Å². The van der Waals surface area contributed by atoms with Gasteiger partial charge in [-0.3, -0.25) is 0 Å². The first-order valence-corrected chi connectivity index (χ1v) is 7.73. The van der Waals surface area contributed by atoms with Gasteiger partial charge in [0.2, 0.25) is 5.90 Å². The highest BCUT2D eigenvalue weighted by atomic mass is 32.2. The van der Waals surface area contributed by atoms with Crippen LogP contribution in [0.2, 0.25) is 0 Å². The highest BCUT2D eigenvalue weighted by molar-refractivity contribution is 7.90. The molecule has 0 N–H and O–H groups in total. The monoisotopic (exact) mass is 301 g/mol. The maximum atomic E-state index is 12.1. The summed E-state index contributed by atoms with van der Waals surface area (Å²) in [5, 5.41) is 0. The normalized spacial score (nSPS) is 12.5. The molecule has 0 aromatic heterocycles. The number of hydrogen-bond acceptors (Lipinski definition) is 3. The Kier molecular flexibility index (Phi) is 4.90. The molecule has 0 amide bonds. The lowest BCUT2D eigenvalue weighted by molar-refractivity contribution is 0.408. The zero-order valence-electron chi connectivity index (χ0n) is 11.5. The third-order valence-corrected chi connectivity index (χ3v) is 3.97. The van der Waals surface area contributed by atoms with Gasteiger partial charge in [-0.25, -0.2) is 0 Å². The summed E-state index contributed by atoms with van der Waals surface area (Å²) in [6.45, 7) is 0. The average molecular weight is 301 g/mol. The number of hydrogen-bond donors (Lipinski definition) is 0. The van der Waals surface area contributed by atoms with E-state index in [4.69, 9.17) is 4.74 Å². The summed E-state index contributed by atoms with van der Waals surface area (Å²) in [4.78, 5) is 0.132. The number of benzene rings is 2. The second-order valence-corrected chi connectivity index (χ2v) is 5.77. The Hall–Kier alpha value is -2.40. The van der Waals surface area contributed by atoms with Gasteiger partial charge in [-0.15, -0.1) is 4.40 Å². The third kappa shape index (κ3) is 4.29. The van der Waals surface area contributed by atoms with Crippen molar-refractivity contribution in [1.82, 2.24) is 0 Å². The van der Waals surface area contributed by atoms with Crippen molar-refractivity contribution in [3.63, 3.8) is 0 Å². The van der Waals surface area contributed by atoms with Gasteiger partial charge < -0.3 is 4.74 Å². The fraction of sp³-hybridized carbons (Fsp3) is 0.0625. The van der Waals surface area contributed by atoms with Crippen LogP contribution in [0.1, 0.15) is 5.56 Å². The van der Waals surface area contributed by atoms with Crippen LogP contribution >= 0.6 is 0 Å². The second kappa shape index (κ2) is 6.85. The van der Waals surface area contributed by atoms with Crippen LogP contribution in [-0.2, 0) is 14.8 Å². The molecule has 0 saturated carbocycles. The molecule has 0 unspecified atom stereocenters. The first-order valence-electron chi connectivity index (χ1n) is 6.29. The summed E-state index contributed by atoms with van der Waals surface area (Å²) in [5.74, 6) is 0.0303. The lowest BCUT2D eigenvalue weighted by atomic mass is 10.2. The first-order chi connectivity index (χ1) is 10.1. The second-order valence-electron chi connectivity index (χ2n) is 4.17. The van der Waals surface area contributed by atoms with E-state index in [0.29, 0.717) is 0 Å². The number of rotatable bonds is 4. The topological polar surface area (TPSA) is 55.7 Å². The Balaban J connectivity index is 2.27. The van der Waals surface area contributed by atoms with Gasteiger partial charge in [0.15, 0.2) is 0 Å². The molecule has 0 spiro atoms. The van der Waals surface area contributed by atoms with Crippen molar-refractivity contribution in [3.05, 3.63) is 72.3 Å². The van der Waals surface area contributed by atoms with E-state index in [-0.39, 0.29) is 10.8 Å². The molecule has 2 aromatic rings. The molecule has 2 rings (SSSR count). The van der Waals surface area contributed by atoms with E-state index < -0.39 is 10.0 Å². The van der Waals surface area contributed by atoms with Crippen LogP contribution in [0.3, 0.4) is 0 Å². The van der Waals surface area contributed by atoms with E-state index in [1.807, 2.05) is 30.3 Å². The Labute approximate surface area is 124 Å². The molecule has 0 aliphatic carbocycles. The fourth-order valence-electron chi connectivity index (χ4n) is 1.63. The lowest BCUT2D eigenvalue weighted by Crippen LogP contribution is -2.04. The highest BCUT2D eigenvalue weighted by Crippen LogP contribution is 2.12. The van der Waals surface area contributed by atoms with Crippen molar-refractivity contribution in [3.8, 4) is 0 Å². The molecule has 0 aliphatic rings. The highest BCUT2D eigenvalue weighted by Gasteiger charge is 2.13. The van der Waals surface area contributed by atoms with Gasteiger partial charge in [-0.2, -0.15) is 8.42 Å². The molecule has 108 valence electrons. The van der Waals surface area contributed by atoms with Gasteiger partial charge in [0, 0.05) is 6.08 Å². The minimum absolute atomic E-state index is 0.0303. The first kappa shape index (κ1) is 15.0. The zero-order valence-corrected chi connectivity index (χ0v) is 12.3. The van der Waals surface area contributed by atoms with Crippen LogP contribution in [0.15, 0.2) is 76.0 Å². The SMILES string of the molecule is COC(/C=C/c1ccccc1)=N\S(=O)(=O)c1ccccc1. The summed E-state index contributed by atoms with van der Waals surface area (Å²) >= 11 is 0. The molecule has 0 saturated heterocycles. The van der Waals surface area contributed by atoms with Crippen molar-refractivity contribution >= 4 is 22.0 Å². The van der Waals surface area contributed by atoms with Crippen LogP contribution in [-0.4, -0.2) is 21.4 Å². The largest absolute Gasteiger partial charge is 0.480 e. The Morgan fingerprint density at radius 3 is 2.14 bits per heavy atom. The van der Waals surface area contributed by atoms with Crippen molar-refractivity contribution in [2.45, 2.75) is 4.90 Å². The molecular weight excluding hydrogens is 286 g/mol. The molecule has 21 heavy (non-hydrogen) atoms. The predicted octanol–water partition coefficient (Wildman–Crippen LogP) is 3.13. The van der Waals surface area contributed by atoms with Crippen LogP contribution < -0.4 is 0 Å². The summed E-state index contributed by atoms with van der Waals surface area (Å²) in [7, 11) is -2.38. The van der Waals surface area contributed by atoms with E-state index in [9.17, 15) is 8.42 Å². The predicted molar refractivity (Wildman–Crippen MR) is 83.5 cm³/mol. The quantitative estimate of drug-likeness (QED) is 0.644. The maximum Gasteiger partial charge on any atom is 0.285 e. The van der Waals surface area contributed by atoms with Crippen LogP contribution in [0.25, 0.3) is 6.08 Å². The maximum absolute atomic E-state index is 12.1. The van der Waals surface area contributed by atoms with Gasteiger partial charge in [-0.1, -0.05) is 48.5 Å². The zero-order chi connectivity index (χ0) is 15.1. The summed E-state index contributed by atoms with van der Waals surface area (Å²) in [5.41, 5.74) is 0.930. The molecule has 0 heterocycles. The summed E-state index contributed by atoms with van der Waals surface area (Å²) < 4.78 is 32.9. The minimum atomic E-state index is -3.76. The van der Waals surface area contributed by atoms with Crippen LogP contribution in [0, 0.1) is 0 Å². The third-order valence-electron chi connectivity index (χ3n) is 2.68. The van der Waals surface area contributed by atoms with E-state index in [1.165, 1.54) is 25.3 Å². The molecule has 5 heteroatoms. The molecule has 2 aromatic carbocycles. The molecule has 0 bridgehead atoms. The van der Waals surface area contributed by atoms with Crippen molar-refractivity contribution in [1.29, 1.82) is 0 Å². The molecular formula is C16H15NO3S. The standard InChI is InChI=1S/C16H15NO3S/c1-20-16(13-12-14-8-4-2-5-9-14)17-21(18,19)15-10-6-3-7-11-15/h2-13H,1H3/b13-12+,17-16-. The fourth-order valence-corrected chi connectivity index (χ4v) is 2.61. The summed E-state index contributed by atoms with van der Waals surface area (Å²) in [6.07, 6.45) is 3.26. The molecule has 0 fully saturated rings. The number of methoxy groups -OCH3 is 1. The molecule has 4 nitrogen and oxygen atoms in total. The van der Waals surface area contributed by atoms with Gasteiger partial charge in [0.1, 0.15) is 0 Å². The number of ether oxygens (including phenoxy) is 1. The Morgan fingerprint density at radius 2 is 1.57 bits per heavy atom.